The van der Waals surface area contributed by atoms with E-state index in [1.165, 1.54) is 6.07 Å². The molecule has 6 aromatic rings. The molecule has 0 aliphatic carbocycles. The van der Waals surface area contributed by atoms with Gasteiger partial charge in [0.15, 0.2) is 10.9 Å². The first-order valence-electron chi connectivity index (χ1n) is 10.1. The SMILES string of the molecule is Cc1cc(=O)[nH]c2c(=O)c3c4c(=O)cc(Br)c(=O)c4c4c(c5ccccc5n4C)c3c(=O)c12. The number of aromatic amines is 1. The molecule has 0 amide bonds. The lowest BCUT2D eigenvalue weighted by atomic mass is 9.93. The van der Waals surface area contributed by atoms with Crippen molar-refractivity contribution in [2.45, 2.75) is 6.92 Å². The van der Waals surface area contributed by atoms with Crippen LogP contribution in [0.2, 0.25) is 0 Å². The van der Waals surface area contributed by atoms with Crippen LogP contribution >= 0.6 is 15.9 Å². The summed E-state index contributed by atoms with van der Waals surface area (Å²) in [5.41, 5.74) is -1.28. The molecule has 8 heteroatoms. The van der Waals surface area contributed by atoms with Gasteiger partial charge in [-0.2, -0.15) is 0 Å². The number of aryl methyl sites for hydroxylation is 2. The summed E-state index contributed by atoms with van der Waals surface area (Å²) in [7, 11) is 1.76. The molecule has 2 heterocycles. The van der Waals surface area contributed by atoms with Gasteiger partial charge < -0.3 is 9.55 Å². The highest BCUT2D eigenvalue weighted by Gasteiger charge is 2.26. The minimum absolute atomic E-state index is 0.0708. The van der Waals surface area contributed by atoms with Crippen molar-refractivity contribution in [3.05, 3.63) is 97.7 Å². The van der Waals surface area contributed by atoms with E-state index in [-0.39, 0.29) is 36.9 Å². The van der Waals surface area contributed by atoms with Crippen LogP contribution in [-0.2, 0) is 7.05 Å². The van der Waals surface area contributed by atoms with E-state index in [0.717, 1.165) is 11.6 Å². The van der Waals surface area contributed by atoms with Gasteiger partial charge in [-0.05, 0) is 34.5 Å². The van der Waals surface area contributed by atoms with E-state index in [4.69, 9.17) is 0 Å². The average molecular weight is 501 g/mol. The highest BCUT2D eigenvalue weighted by Crippen LogP contribution is 2.37. The molecule has 0 unspecified atom stereocenters. The predicted molar refractivity (Wildman–Crippen MR) is 133 cm³/mol. The van der Waals surface area contributed by atoms with E-state index >= 15 is 0 Å². The molecule has 0 saturated carbocycles. The van der Waals surface area contributed by atoms with E-state index in [1.54, 1.807) is 18.5 Å². The lowest BCUT2D eigenvalue weighted by Gasteiger charge is -2.09. The Morgan fingerprint density at radius 2 is 1.48 bits per heavy atom. The summed E-state index contributed by atoms with van der Waals surface area (Å²) in [6.07, 6.45) is 0. The number of halogens is 1. The largest absolute Gasteiger partial charge is 0.343 e. The Labute approximate surface area is 191 Å². The summed E-state index contributed by atoms with van der Waals surface area (Å²) >= 11 is 3.17. The van der Waals surface area contributed by atoms with Gasteiger partial charge in [-0.1, -0.05) is 18.2 Å². The Bertz CT molecular complexity index is 2160. The van der Waals surface area contributed by atoms with Gasteiger partial charge in [-0.3, -0.25) is 24.0 Å². The summed E-state index contributed by atoms with van der Waals surface area (Å²) in [5, 5.41) is 1.14. The van der Waals surface area contributed by atoms with Crippen molar-refractivity contribution >= 4 is 70.2 Å². The van der Waals surface area contributed by atoms with Crippen LogP contribution in [0.1, 0.15) is 5.56 Å². The lowest BCUT2D eigenvalue weighted by molar-refractivity contribution is 1.02. The van der Waals surface area contributed by atoms with Crippen molar-refractivity contribution in [3.8, 4) is 0 Å². The molecule has 0 aliphatic rings. The first kappa shape index (κ1) is 19.8. The number of para-hydroxylation sites is 1. The van der Waals surface area contributed by atoms with Gasteiger partial charge >= 0.3 is 0 Å². The number of rotatable bonds is 0. The predicted octanol–water partition coefficient (Wildman–Crippen LogP) is 2.87. The van der Waals surface area contributed by atoms with Crippen LogP contribution < -0.4 is 27.3 Å². The zero-order chi connectivity index (χ0) is 23.3. The lowest BCUT2D eigenvalue weighted by Crippen LogP contribution is -2.22. The number of hydrogen-bond acceptors (Lipinski definition) is 5. The third-order valence-electron chi connectivity index (χ3n) is 6.44. The molecular formula is C25H13BrN2O5. The number of pyridine rings is 1. The van der Waals surface area contributed by atoms with Crippen LogP contribution in [-0.4, -0.2) is 9.55 Å². The Balaban J connectivity index is 2.22. The fraction of sp³-hybridized carbons (Fsp3) is 0.0800. The zero-order valence-electron chi connectivity index (χ0n) is 17.3. The number of aromatic nitrogens is 2. The van der Waals surface area contributed by atoms with Gasteiger partial charge in [-0.25, -0.2) is 0 Å². The topological polar surface area (TPSA) is 106 Å². The van der Waals surface area contributed by atoms with Crippen molar-refractivity contribution < 1.29 is 0 Å². The number of fused-ring (bicyclic) bond motifs is 9. The van der Waals surface area contributed by atoms with Crippen LogP contribution in [0.25, 0.3) is 54.3 Å². The highest BCUT2D eigenvalue weighted by atomic mass is 79.9. The van der Waals surface area contributed by atoms with Crippen LogP contribution in [0, 0.1) is 6.92 Å². The normalized spacial score (nSPS) is 12.1. The van der Waals surface area contributed by atoms with Crippen LogP contribution in [0.15, 0.2) is 64.8 Å². The van der Waals surface area contributed by atoms with Crippen molar-refractivity contribution in [2.24, 2.45) is 7.05 Å². The molecule has 0 fully saturated rings. The van der Waals surface area contributed by atoms with Gasteiger partial charge in [0.25, 0.3) is 0 Å². The van der Waals surface area contributed by atoms with E-state index in [0.29, 0.717) is 21.9 Å². The van der Waals surface area contributed by atoms with Crippen molar-refractivity contribution in [1.29, 1.82) is 0 Å². The monoisotopic (exact) mass is 500 g/mol. The molecule has 6 rings (SSSR count). The minimum atomic E-state index is -0.654. The molecule has 2 aromatic heterocycles. The second-order valence-electron chi connectivity index (χ2n) is 8.21. The summed E-state index contributed by atoms with van der Waals surface area (Å²) in [4.78, 5) is 68.7. The number of hydrogen-bond donors (Lipinski definition) is 1. The quantitative estimate of drug-likeness (QED) is 0.255. The Morgan fingerprint density at radius 1 is 0.788 bits per heavy atom. The Hall–Kier alpha value is -3.91. The summed E-state index contributed by atoms with van der Waals surface area (Å²) < 4.78 is 1.85. The molecule has 0 spiro atoms. The summed E-state index contributed by atoms with van der Waals surface area (Å²) in [6.45, 7) is 1.59. The third-order valence-corrected chi connectivity index (χ3v) is 7.03. The molecule has 1 N–H and O–H groups in total. The Kier molecular flexibility index (Phi) is 3.79. The smallest absolute Gasteiger partial charge is 0.248 e. The molecule has 0 bridgehead atoms. The molecule has 0 atom stereocenters. The van der Waals surface area contributed by atoms with Gasteiger partial charge in [0.1, 0.15) is 5.52 Å². The number of H-pyrrole nitrogens is 1. The first-order chi connectivity index (χ1) is 15.7. The summed E-state index contributed by atoms with van der Waals surface area (Å²) in [6, 6.07) is 9.69. The van der Waals surface area contributed by atoms with Gasteiger partial charge in [0.2, 0.25) is 16.4 Å². The molecule has 160 valence electrons. The minimum Gasteiger partial charge on any atom is -0.343 e. The molecule has 4 aromatic carbocycles. The molecule has 33 heavy (non-hydrogen) atoms. The fourth-order valence-corrected chi connectivity index (χ4v) is 5.53. The van der Waals surface area contributed by atoms with Gasteiger partial charge in [0.05, 0.1) is 20.8 Å². The molecule has 7 nitrogen and oxygen atoms in total. The number of nitrogens with zero attached hydrogens (tertiary/aromatic N) is 1. The third kappa shape index (κ3) is 2.30. The molecule has 0 aliphatic heterocycles. The standard InChI is InChI=1S/C25H13BrN2O5/c1-9-7-14(30)27-21-15(9)24(32)18-16-10-5-3-4-6-12(10)28(2)22(16)20-17(19(18)25(21)33)13(29)8-11(26)23(20)31/h3-8H,1-2H3,(H,27,30). The van der Waals surface area contributed by atoms with E-state index in [9.17, 15) is 24.0 Å². The van der Waals surface area contributed by atoms with E-state index in [1.807, 2.05) is 24.3 Å². The van der Waals surface area contributed by atoms with Crippen LogP contribution in [0.5, 0.6) is 0 Å². The van der Waals surface area contributed by atoms with Gasteiger partial charge in [0, 0.05) is 51.6 Å². The highest BCUT2D eigenvalue weighted by molar-refractivity contribution is 9.10. The number of benzene rings is 4. The van der Waals surface area contributed by atoms with Crippen molar-refractivity contribution in [2.75, 3.05) is 0 Å². The van der Waals surface area contributed by atoms with E-state index < -0.39 is 27.3 Å². The number of nitrogens with one attached hydrogen (secondary N) is 1. The fourth-order valence-electron chi connectivity index (χ4n) is 5.13. The molecular weight excluding hydrogens is 488 g/mol. The molecule has 0 saturated heterocycles. The second kappa shape index (κ2) is 6.32. The van der Waals surface area contributed by atoms with Gasteiger partial charge in [-0.15, -0.1) is 0 Å². The van der Waals surface area contributed by atoms with Crippen LogP contribution in [0.3, 0.4) is 0 Å². The van der Waals surface area contributed by atoms with Crippen LogP contribution in [0.4, 0.5) is 0 Å². The average Bonchev–Trinajstić information content (AvgIpc) is 3.07. The molecule has 0 radical (unpaired) electrons. The van der Waals surface area contributed by atoms with Crippen molar-refractivity contribution in [1.82, 2.24) is 9.55 Å². The van der Waals surface area contributed by atoms with E-state index in [2.05, 4.69) is 20.9 Å². The Morgan fingerprint density at radius 3 is 2.24 bits per heavy atom. The zero-order valence-corrected chi connectivity index (χ0v) is 18.9. The van der Waals surface area contributed by atoms with Crippen molar-refractivity contribution in [3.63, 3.8) is 0 Å². The maximum absolute atomic E-state index is 13.9. The maximum atomic E-state index is 13.9. The first-order valence-corrected chi connectivity index (χ1v) is 10.9. The second-order valence-corrected chi connectivity index (χ2v) is 9.06. The maximum Gasteiger partial charge on any atom is 0.248 e. The summed E-state index contributed by atoms with van der Waals surface area (Å²) in [5.74, 6) is 0.